The summed E-state index contributed by atoms with van der Waals surface area (Å²) in [5.74, 6) is 0.124. The number of aryl methyl sites for hydroxylation is 2. The van der Waals surface area contributed by atoms with Crippen molar-refractivity contribution >= 4 is 5.91 Å². The van der Waals surface area contributed by atoms with Gasteiger partial charge in [-0.15, -0.1) is 0 Å². The zero-order chi connectivity index (χ0) is 19.2. The number of hydrogen-bond donors (Lipinski definition) is 1. The fourth-order valence-corrected chi connectivity index (χ4v) is 3.67. The molecule has 0 fully saturated rings. The maximum Gasteiger partial charge on any atom is 0.221 e. The average molecular weight is 357 g/mol. The molecule has 2 nitrogen and oxygen atoms in total. The normalized spacial score (nSPS) is 12.0. The zero-order valence-electron chi connectivity index (χ0n) is 16.3. The van der Waals surface area contributed by atoms with E-state index in [4.69, 9.17) is 0 Å². The van der Waals surface area contributed by atoms with E-state index in [1.165, 1.54) is 16.7 Å². The molecule has 3 rings (SSSR count). The van der Waals surface area contributed by atoms with E-state index in [-0.39, 0.29) is 17.9 Å². The Morgan fingerprint density at radius 1 is 0.852 bits per heavy atom. The molecule has 0 bridgehead atoms. The summed E-state index contributed by atoms with van der Waals surface area (Å²) in [7, 11) is 0. The Bertz CT molecular complexity index is 847. The Hall–Kier alpha value is -2.87. The highest BCUT2D eigenvalue weighted by atomic mass is 16.1. The molecule has 1 N–H and O–H groups in total. The summed E-state index contributed by atoms with van der Waals surface area (Å²) in [5.41, 5.74) is 5.95. The van der Waals surface area contributed by atoms with Crippen molar-refractivity contribution in [1.29, 1.82) is 0 Å². The molecule has 0 saturated carbocycles. The summed E-state index contributed by atoms with van der Waals surface area (Å²) in [6, 6.07) is 26.9. The van der Waals surface area contributed by atoms with Crippen LogP contribution >= 0.6 is 0 Å². The Kier molecular flexibility index (Phi) is 6.08. The van der Waals surface area contributed by atoms with Gasteiger partial charge in [-0.2, -0.15) is 0 Å². The molecule has 1 atom stereocenters. The number of hydrogen-bond acceptors (Lipinski definition) is 1. The molecule has 0 aliphatic rings. The summed E-state index contributed by atoms with van der Waals surface area (Å²) < 4.78 is 0. The molecule has 0 spiro atoms. The Balaban J connectivity index is 1.77. The molecule has 0 saturated heterocycles. The van der Waals surface area contributed by atoms with Crippen molar-refractivity contribution in [3.05, 3.63) is 107 Å². The Morgan fingerprint density at radius 2 is 1.41 bits per heavy atom. The van der Waals surface area contributed by atoms with E-state index in [9.17, 15) is 4.79 Å². The minimum Gasteiger partial charge on any atom is -0.350 e. The van der Waals surface area contributed by atoms with Crippen LogP contribution < -0.4 is 5.32 Å². The maximum absolute atomic E-state index is 12.9. The van der Waals surface area contributed by atoms with Gasteiger partial charge in [0, 0.05) is 12.3 Å². The summed E-state index contributed by atoms with van der Waals surface area (Å²) in [6.45, 7) is 6.24. The first-order valence-electron chi connectivity index (χ1n) is 9.51. The highest BCUT2D eigenvalue weighted by Gasteiger charge is 2.20. The van der Waals surface area contributed by atoms with Gasteiger partial charge in [0.05, 0.1) is 6.04 Å². The third-order valence-electron chi connectivity index (χ3n) is 5.06. The number of benzene rings is 3. The van der Waals surface area contributed by atoms with Crippen LogP contribution in [0, 0.1) is 13.8 Å². The van der Waals surface area contributed by atoms with E-state index >= 15 is 0 Å². The minimum atomic E-state index is -0.00898. The summed E-state index contributed by atoms with van der Waals surface area (Å²) in [6.07, 6.45) is 0.434. The number of carbonyl (C=O) groups excluding carboxylic acids is 1. The lowest BCUT2D eigenvalue weighted by atomic mass is 9.88. The topological polar surface area (TPSA) is 29.1 Å². The van der Waals surface area contributed by atoms with Gasteiger partial charge in [0.2, 0.25) is 5.91 Å². The van der Waals surface area contributed by atoms with Gasteiger partial charge in [0.15, 0.2) is 0 Å². The van der Waals surface area contributed by atoms with E-state index in [1.807, 2.05) is 36.4 Å². The van der Waals surface area contributed by atoms with Gasteiger partial charge in [0.1, 0.15) is 0 Å². The second kappa shape index (κ2) is 8.68. The van der Waals surface area contributed by atoms with Crippen molar-refractivity contribution in [2.45, 2.75) is 39.2 Å². The van der Waals surface area contributed by atoms with Gasteiger partial charge in [-0.25, -0.2) is 0 Å². The molecule has 3 aromatic carbocycles. The highest BCUT2D eigenvalue weighted by molar-refractivity contribution is 5.78. The van der Waals surface area contributed by atoms with Gasteiger partial charge in [0.25, 0.3) is 0 Å². The van der Waals surface area contributed by atoms with Crippen molar-refractivity contribution in [1.82, 2.24) is 5.32 Å². The second-order valence-corrected chi connectivity index (χ2v) is 7.23. The SMILES string of the molecule is Cc1ccc([C@@H](C)NC(=O)CC(c2ccccc2)c2ccccc2)c(C)c1. The van der Waals surface area contributed by atoms with Crippen LogP contribution in [0.3, 0.4) is 0 Å². The lowest BCUT2D eigenvalue weighted by Crippen LogP contribution is -2.28. The van der Waals surface area contributed by atoms with Crippen LogP contribution in [-0.4, -0.2) is 5.91 Å². The Labute approximate surface area is 162 Å². The highest BCUT2D eigenvalue weighted by Crippen LogP contribution is 2.28. The standard InChI is InChI=1S/C25H27NO/c1-18-14-15-23(19(2)16-18)20(3)26-25(27)17-24(21-10-6-4-7-11-21)22-12-8-5-9-13-22/h4-16,20,24H,17H2,1-3H3,(H,26,27)/t20-/m1/s1. The first-order valence-corrected chi connectivity index (χ1v) is 9.51. The predicted octanol–water partition coefficient (Wildman–Crippen LogP) is 5.70. The molecular weight excluding hydrogens is 330 g/mol. The molecule has 0 aliphatic heterocycles. The molecule has 138 valence electrons. The lowest BCUT2D eigenvalue weighted by Gasteiger charge is -2.21. The summed E-state index contributed by atoms with van der Waals surface area (Å²) >= 11 is 0. The van der Waals surface area contributed by atoms with Crippen molar-refractivity contribution in [3.63, 3.8) is 0 Å². The molecule has 0 aliphatic carbocycles. The Morgan fingerprint density at radius 3 is 1.93 bits per heavy atom. The third kappa shape index (κ3) is 4.85. The van der Waals surface area contributed by atoms with E-state index < -0.39 is 0 Å². The van der Waals surface area contributed by atoms with Crippen LogP contribution in [0.2, 0.25) is 0 Å². The third-order valence-corrected chi connectivity index (χ3v) is 5.06. The van der Waals surface area contributed by atoms with Crippen molar-refractivity contribution < 1.29 is 4.79 Å². The van der Waals surface area contributed by atoms with Crippen LogP contribution in [0.1, 0.15) is 53.1 Å². The quantitative estimate of drug-likeness (QED) is 0.602. The van der Waals surface area contributed by atoms with Gasteiger partial charge in [-0.3, -0.25) is 4.79 Å². The van der Waals surface area contributed by atoms with Gasteiger partial charge in [-0.05, 0) is 43.0 Å². The summed E-state index contributed by atoms with van der Waals surface area (Å²) in [5, 5.41) is 3.19. The fraction of sp³-hybridized carbons (Fsp3) is 0.240. The largest absolute Gasteiger partial charge is 0.350 e. The van der Waals surface area contributed by atoms with Crippen molar-refractivity contribution in [3.8, 4) is 0 Å². The van der Waals surface area contributed by atoms with E-state index in [1.54, 1.807) is 0 Å². The molecule has 0 heterocycles. The number of carbonyl (C=O) groups is 1. The van der Waals surface area contributed by atoms with Crippen LogP contribution in [0.4, 0.5) is 0 Å². The molecule has 2 heteroatoms. The van der Waals surface area contributed by atoms with Crippen LogP contribution in [-0.2, 0) is 4.79 Å². The average Bonchev–Trinajstić information content (AvgIpc) is 2.67. The predicted molar refractivity (Wildman–Crippen MR) is 112 cm³/mol. The van der Waals surface area contributed by atoms with Crippen LogP contribution in [0.15, 0.2) is 78.9 Å². The molecular formula is C25H27NO. The van der Waals surface area contributed by atoms with Crippen LogP contribution in [0.25, 0.3) is 0 Å². The molecule has 1 amide bonds. The van der Waals surface area contributed by atoms with Gasteiger partial charge in [-0.1, -0.05) is 84.4 Å². The second-order valence-electron chi connectivity index (χ2n) is 7.23. The van der Waals surface area contributed by atoms with E-state index in [2.05, 4.69) is 68.6 Å². The van der Waals surface area contributed by atoms with Gasteiger partial charge >= 0.3 is 0 Å². The lowest BCUT2D eigenvalue weighted by molar-refractivity contribution is -0.121. The fourth-order valence-electron chi connectivity index (χ4n) is 3.67. The first kappa shape index (κ1) is 18.9. The number of amides is 1. The number of nitrogens with one attached hydrogen (secondary N) is 1. The van der Waals surface area contributed by atoms with Crippen LogP contribution in [0.5, 0.6) is 0 Å². The van der Waals surface area contributed by atoms with E-state index in [0.29, 0.717) is 6.42 Å². The van der Waals surface area contributed by atoms with Gasteiger partial charge < -0.3 is 5.32 Å². The van der Waals surface area contributed by atoms with E-state index in [0.717, 1.165) is 11.1 Å². The first-order chi connectivity index (χ1) is 13.0. The molecule has 0 unspecified atom stereocenters. The van der Waals surface area contributed by atoms with Crippen molar-refractivity contribution in [2.75, 3.05) is 0 Å². The molecule has 3 aromatic rings. The minimum absolute atomic E-state index is 0.00898. The van der Waals surface area contributed by atoms with Crippen molar-refractivity contribution in [2.24, 2.45) is 0 Å². The zero-order valence-corrected chi connectivity index (χ0v) is 16.3. The molecule has 0 aromatic heterocycles. The monoisotopic (exact) mass is 357 g/mol. The number of rotatable bonds is 6. The maximum atomic E-state index is 12.9. The smallest absolute Gasteiger partial charge is 0.221 e. The molecule has 0 radical (unpaired) electrons. The summed E-state index contributed by atoms with van der Waals surface area (Å²) in [4.78, 5) is 12.9. The molecule has 27 heavy (non-hydrogen) atoms.